The van der Waals surface area contributed by atoms with Gasteiger partial charge in [0, 0.05) is 12.0 Å². The molecule has 0 fully saturated rings. The molecular formula is C22H25BrF4O2. The molecule has 0 heterocycles. The predicted octanol–water partition coefficient (Wildman–Crippen LogP) is 6.39. The second-order valence-electron chi connectivity index (χ2n) is 8.02. The summed E-state index contributed by atoms with van der Waals surface area (Å²) in [6.07, 6.45) is -0.701. The number of allylic oxidation sites excluding steroid dienone is 4. The van der Waals surface area contributed by atoms with Crippen molar-refractivity contribution in [2.24, 2.45) is 0 Å². The third-order valence-electron chi connectivity index (χ3n) is 5.11. The highest BCUT2D eigenvalue weighted by atomic mass is 79.9. The molecule has 2 rings (SSSR count). The zero-order valence-electron chi connectivity index (χ0n) is 16.6. The average Bonchev–Trinajstić information content (AvgIpc) is 2.74. The molecule has 1 aliphatic rings. The molecule has 1 N–H and O–H groups in total. The number of benzene rings is 1. The van der Waals surface area contributed by atoms with Gasteiger partial charge in [-0.3, -0.25) is 0 Å². The van der Waals surface area contributed by atoms with Crippen LogP contribution in [0.1, 0.15) is 38.7 Å². The fraction of sp³-hybridized carbons (Fsp3) is 0.455. The van der Waals surface area contributed by atoms with Crippen molar-refractivity contribution >= 4 is 15.9 Å². The van der Waals surface area contributed by atoms with Crippen LogP contribution in [0.15, 0.2) is 54.2 Å². The third-order valence-corrected chi connectivity index (χ3v) is 6.02. The topological polar surface area (TPSA) is 29.5 Å². The van der Waals surface area contributed by atoms with E-state index < -0.39 is 35.9 Å². The molecule has 0 saturated heterocycles. The van der Waals surface area contributed by atoms with E-state index in [0.717, 1.165) is 11.6 Å². The molecule has 7 heteroatoms. The summed E-state index contributed by atoms with van der Waals surface area (Å²) in [7, 11) is 1.37. The molecular weight excluding hydrogens is 452 g/mol. The van der Waals surface area contributed by atoms with E-state index in [1.807, 2.05) is 0 Å². The molecule has 2 unspecified atom stereocenters. The molecule has 0 bridgehead atoms. The third kappa shape index (κ3) is 5.51. The van der Waals surface area contributed by atoms with Gasteiger partial charge >= 0.3 is 6.18 Å². The van der Waals surface area contributed by atoms with Gasteiger partial charge in [-0.15, -0.1) is 0 Å². The first-order valence-electron chi connectivity index (χ1n) is 9.11. The van der Waals surface area contributed by atoms with E-state index in [9.17, 15) is 22.7 Å². The number of aliphatic hydroxyl groups is 1. The van der Waals surface area contributed by atoms with E-state index in [-0.39, 0.29) is 16.1 Å². The lowest BCUT2D eigenvalue weighted by atomic mass is 9.72. The summed E-state index contributed by atoms with van der Waals surface area (Å²) in [6.45, 7) is 6.95. The first-order valence-corrected chi connectivity index (χ1v) is 10.0. The molecule has 1 aliphatic carbocycles. The van der Waals surface area contributed by atoms with Gasteiger partial charge in [-0.05, 0) is 42.0 Å². The summed E-state index contributed by atoms with van der Waals surface area (Å²) >= 11 is 3.39. The van der Waals surface area contributed by atoms with Crippen LogP contribution in [-0.2, 0) is 5.41 Å². The smallest absolute Gasteiger partial charge is 0.417 e. The Morgan fingerprint density at radius 3 is 2.52 bits per heavy atom. The van der Waals surface area contributed by atoms with Gasteiger partial charge in [-0.25, -0.2) is 4.39 Å². The highest BCUT2D eigenvalue weighted by molar-refractivity contribution is 9.09. The maximum absolute atomic E-state index is 14.0. The van der Waals surface area contributed by atoms with Gasteiger partial charge in [0.25, 0.3) is 0 Å². The Kier molecular flexibility index (Phi) is 7.05. The van der Waals surface area contributed by atoms with Crippen molar-refractivity contribution < 1.29 is 27.4 Å². The fourth-order valence-corrected chi connectivity index (χ4v) is 4.12. The molecule has 0 amide bonds. The van der Waals surface area contributed by atoms with Gasteiger partial charge in [-0.1, -0.05) is 60.2 Å². The highest BCUT2D eigenvalue weighted by Crippen LogP contribution is 2.46. The number of hydrogen-bond acceptors (Lipinski definition) is 2. The molecule has 0 aliphatic heterocycles. The van der Waals surface area contributed by atoms with Crippen LogP contribution < -0.4 is 4.74 Å². The summed E-state index contributed by atoms with van der Waals surface area (Å²) in [5.41, 5.74) is -2.80. The van der Waals surface area contributed by atoms with E-state index in [0.29, 0.717) is 12.0 Å². The molecule has 0 spiro atoms. The van der Waals surface area contributed by atoms with Crippen LogP contribution in [0.3, 0.4) is 0 Å². The minimum atomic E-state index is -4.88. The van der Waals surface area contributed by atoms with Crippen LogP contribution in [0.2, 0.25) is 0 Å². The molecule has 0 saturated carbocycles. The molecule has 0 radical (unpaired) electrons. The van der Waals surface area contributed by atoms with E-state index in [1.54, 1.807) is 18.2 Å². The van der Waals surface area contributed by atoms with E-state index >= 15 is 0 Å². The monoisotopic (exact) mass is 476 g/mol. The summed E-state index contributed by atoms with van der Waals surface area (Å²) in [4.78, 5) is -0.277. The molecule has 29 heavy (non-hydrogen) atoms. The summed E-state index contributed by atoms with van der Waals surface area (Å²) in [6, 6.07) is 3.70. The van der Waals surface area contributed by atoms with E-state index in [4.69, 9.17) is 4.74 Å². The van der Waals surface area contributed by atoms with E-state index in [2.05, 4.69) is 22.5 Å². The quantitative estimate of drug-likeness (QED) is 0.292. The number of alkyl halides is 4. The molecule has 160 valence electrons. The fourth-order valence-electron chi connectivity index (χ4n) is 3.59. The van der Waals surface area contributed by atoms with Crippen molar-refractivity contribution in [1.82, 2.24) is 0 Å². The first kappa shape index (κ1) is 23.7. The Morgan fingerprint density at radius 1 is 1.28 bits per heavy atom. The van der Waals surface area contributed by atoms with Crippen molar-refractivity contribution in [2.75, 3.05) is 7.11 Å². The lowest BCUT2D eigenvalue weighted by Crippen LogP contribution is -2.49. The average molecular weight is 477 g/mol. The summed E-state index contributed by atoms with van der Waals surface area (Å²) in [5, 5.41) is 10.8. The van der Waals surface area contributed by atoms with Gasteiger partial charge in [0.2, 0.25) is 0 Å². The van der Waals surface area contributed by atoms with Crippen molar-refractivity contribution in [3.05, 3.63) is 65.5 Å². The summed E-state index contributed by atoms with van der Waals surface area (Å²) < 4.78 is 61.0. The SMILES string of the molecule is C=C1CC=CC(CC(O)(CC(C)(C)c2cc(F)ccc2OC)C(F)(F)F)=CC1Br. The maximum Gasteiger partial charge on any atom is 0.417 e. The van der Waals surface area contributed by atoms with Crippen molar-refractivity contribution in [3.8, 4) is 5.75 Å². The Bertz CT molecular complexity index is 827. The second-order valence-corrected chi connectivity index (χ2v) is 9.01. The van der Waals surface area contributed by atoms with Crippen molar-refractivity contribution in [1.29, 1.82) is 0 Å². The molecule has 1 aromatic carbocycles. The number of ether oxygens (including phenoxy) is 1. The van der Waals surface area contributed by atoms with Crippen LogP contribution in [0.4, 0.5) is 17.6 Å². The van der Waals surface area contributed by atoms with Crippen LogP contribution in [0.25, 0.3) is 0 Å². The maximum atomic E-state index is 14.0. The van der Waals surface area contributed by atoms with Crippen molar-refractivity contribution in [3.63, 3.8) is 0 Å². The minimum Gasteiger partial charge on any atom is -0.496 e. The molecule has 0 aromatic heterocycles. The molecule has 1 aromatic rings. The molecule has 2 nitrogen and oxygen atoms in total. The number of rotatable bonds is 6. The minimum absolute atomic E-state index is 0.264. The van der Waals surface area contributed by atoms with Crippen LogP contribution in [0.5, 0.6) is 5.75 Å². The Hall–Kier alpha value is -1.60. The number of methoxy groups -OCH3 is 1. The Labute approximate surface area is 177 Å². The van der Waals surface area contributed by atoms with Crippen LogP contribution >= 0.6 is 15.9 Å². The standard InChI is InChI=1S/C22H25BrF4O2/c1-14-6-5-7-15(10-18(14)23)12-21(28,22(25,26)27)13-20(2,3)17-11-16(24)8-9-19(17)29-4/h5,7-11,18,28H,1,6,12-13H2,2-4H3. The lowest BCUT2D eigenvalue weighted by Gasteiger charge is -2.38. The zero-order valence-corrected chi connectivity index (χ0v) is 18.2. The second kappa shape index (κ2) is 8.64. The van der Waals surface area contributed by atoms with Gasteiger partial charge < -0.3 is 9.84 Å². The molecule has 2 atom stereocenters. The number of halogens is 5. The van der Waals surface area contributed by atoms with Gasteiger partial charge in [0.15, 0.2) is 5.60 Å². The predicted molar refractivity (Wildman–Crippen MR) is 110 cm³/mol. The largest absolute Gasteiger partial charge is 0.496 e. The van der Waals surface area contributed by atoms with Crippen LogP contribution in [-0.4, -0.2) is 28.8 Å². The van der Waals surface area contributed by atoms with Gasteiger partial charge in [0.1, 0.15) is 11.6 Å². The van der Waals surface area contributed by atoms with Gasteiger partial charge in [-0.2, -0.15) is 13.2 Å². The Balaban J connectivity index is 2.44. The normalized spacial score (nSPS) is 20.1. The summed E-state index contributed by atoms with van der Waals surface area (Å²) in [5.74, 6) is -0.314. The first-order chi connectivity index (χ1) is 13.3. The number of hydrogen-bond donors (Lipinski definition) is 1. The van der Waals surface area contributed by atoms with Gasteiger partial charge in [0.05, 0.1) is 11.9 Å². The Morgan fingerprint density at radius 2 is 1.93 bits per heavy atom. The van der Waals surface area contributed by atoms with Crippen molar-refractivity contribution in [2.45, 2.75) is 55.1 Å². The lowest BCUT2D eigenvalue weighted by molar-refractivity contribution is -0.266. The van der Waals surface area contributed by atoms with E-state index in [1.165, 1.54) is 33.1 Å². The highest BCUT2D eigenvalue weighted by Gasteiger charge is 2.56. The zero-order chi connectivity index (χ0) is 22.0. The van der Waals surface area contributed by atoms with Crippen LogP contribution in [0, 0.1) is 5.82 Å².